The third kappa shape index (κ3) is 4.78. The molecule has 0 radical (unpaired) electrons. The Morgan fingerprint density at radius 3 is 2.21 bits per heavy atom. The van der Waals surface area contributed by atoms with E-state index in [-0.39, 0.29) is 12.1 Å². The SMILES string of the molecule is Cc1cc(-c2cnn(C3CCN(C(=O)OC(C)(C)C)CC3)c2)cc(C)c1C(=O)O. The van der Waals surface area contributed by atoms with Crippen molar-refractivity contribution in [2.45, 2.75) is 59.1 Å². The van der Waals surface area contributed by atoms with Crippen LogP contribution >= 0.6 is 0 Å². The summed E-state index contributed by atoms with van der Waals surface area (Å²) in [5.41, 5.74) is 3.27. The summed E-state index contributed by atoms with van der Waals surface area (Å²) in [6.07, 6.45) is 5.19. The molecule has 1 fully saturated rings. The molecule has 0 aliphatic carbocycles. The minimum Gasteiger partial charge on any atom is -0.478 e. The van der Waals surface area contributed by atoms with Gasteiger partial charge >= 0.3 is 12.1 Å². The number of aromatic nitrogens is 2. The molecule has 0 spiro atoms. The molecule has 1 aromatic heterocycles. The van der Waals surface area contributed by atoms with Crippen LogP contribution in [0.1, 0.15) is 61.1 Å². The van der Waals surface area contributed by atoms with Gasteiger partial charge in [0.1, 0.15) is 5.60 Å². The number of carboxylic acid groups (broad SMARTS) is 1. The molecule has 2 heterocycles. The number of ether oxygens (including phenoxy) is 1. The number of carbonyl (C=O) groups excluding carboxylic acids is 1. The lowest BCUT2D eigenvalue weighted by molar-refractivity contribution is 0.0184. The topological polar surface area (TPSA) is 84.7 Å². The van der Waals surface area contributed by atoms with Gasteiger partial charge in [0.05, 0.1) is 17.8 Å². The lowest BCUT2D eigenvalue weighted by Gasteiger charge is -2.33. The highest BCUT2D eigenvalue weighted by Crippen LogP contribution is 2.28. The molecule has 2 aromatic rings. The fourth-order valence-corrected chi connectivity index (χ4v) is 3.79. The van der Waals surface area contributed by atoms with Crippen LogP contribution in [0, 0.1) is 13.8 Å². The summed E-state index contributed by atoms with van der Waals surface area (Å²) in [7, 11) is 0. The van der Waals surface area contributed by atoms with Crippen LogP contribution in [0.5, 0.6) is 0 Å². The van der Waals surface area contributed by atoms with E-state index in [0.717, 1.165) is 35.1 Å². The van der Waals surface area contributed by atoms with Crippen molar-refractivity contribution in [2.24, 2.45) is 0 Å². The van der Waals surface area contributed by atoms with Crippen molar-refractivity contribution in [3.05, 3.63) is 41.2 Å². The van der Waals surface area contributed by atoms with Crippen LogP contribution in [0.25, 0.3) is 11.1 Å². The number of rotatable bonds is 3. The van der Waals surface area contributed by atoms with E-state index in [9.17, 15) is 14.7 Å². The van der Waals surface area contributed by atoms with Crippen LogP contribution in [-0.2, 0) is 4.74 Å². The van der Waals surface area contributed by atoms with Crippen molar-refractivity contribution in [3.63, 3.8) is 0 Å². The number of nitrogens with zero attached hydrogens (tertiary/aromatic N) is 3. The summed E-state index contributed by atoms with van der Waals surface area (Å²) in [6, 6.07) is 4.01. The Labute approximate surface area is 171 Å². The van der Waals surface area contributed by atoms with Crippen LogP contribution in [-0.4, -0.2) is 50.5 Å². The lowest BCUT2D eigenvalue weighted by Crippen LogP contribution is -2.42. The molecule has 1 N–H and O–H groups in total. The van der Waals surface area contributed by atoms with Crippen molar-refractivity contribution in [1.82, 2.24) is 14.7 Å². The van der Waals surface area contributed by atoms with Gasteiger partial charge in [-0.25, -0.2) is 9.59 Å². The fourth-order valence-electron chi connectivity index (χ4n) is 3.79. The first-order valence-electron chi connectivity index (χ1n) is 9.92. The first kappa shape index (κ1) is 20.9. The highest BCUT2D eigenvalue weighted by atomic mass is 16.6. The summed E-state index contributed by atoms with van der Waals surface area (Å²) in [5, 5.41) is 13.9. The number of carboxylic acids is 1. The fraction of sp³-hybridized carbons (Fsp3) is 0.500. The van der Waals surface area contributed by atoms with Crippen molar-refractivity contribution >= 4 is 12.1 Å². The first-order valence-corrected chi connectivity index (χ1v) is 9.92. The number of piperidine rings is 1. The predicted octanol–water partition coefficient (Wildman–Crippen LogP) is 4.44. The molecule has 1 aliphatic heterocycles. The van der Waals surface area contributed by atoms with Gasteiger partial charge in [-0.05, 0) is 64.2 Å². The number of benzene rings is 1. The Balaban J connectivity index is 1.69. The maximum absolute atomic E-state index is 12.2. The van der Waals surface area contributed by atoms with E-state index in [1.807, 2.05) is 63.8 Å². The van der Waals surface area contributed by atoms with Gasteiger partial charge in [0, 0.05) is 24.8 Å². The summed E-state index contributed by atoms with van der Waals surface area (Å²) in [6.45, 7) is 10.5. The average molecular weight is 399 g/mol. The smallest absolute Gasteiger partial charge is 0.410 e. The summed E-state index contributed by atoms with van der Waals surface area (Å²) < 4.78 is 7.41. The van der Waals surface area contributed by atoms with Crippen molar-refractivity contribution < 1.29 is 19.4 Å². The van der Waals surface area contributed by atoms with Crippen LogP contribution in [0.15, 0.2) is 24.5 Å². The molecule has 1 amide bonds. The van der Waals surface area contributed by atoms with E-state index < -0.39 is 11.6 Å². The van der Waals surface area contributed by atoms with E-state index >= 15 is 0 Å². The number of carbonyl (C=O) groups is 2. The van der Waals surface area contributed by atoms with Gasteiger partial charge in [0.15, 0.2) is 0 Å². The second-order valence-corrected chi connectivity index (χ2v) is 8.70. The number of hydrogen-bond acceptors (Lipinski definition) is 4. The molecule has 3 rings (SSSR count). The maximum atomic E-state index is 12.2. The van der Waals surface area contributed by atoms with Crippen LogP contribution in [0.4, 0.5) is 4.79 Å². The van der Waals surface area contributed by atoms with Gasteiger partial charge in [-0.1, -0.05) is 12.1 Å². The first-order chi connectivity index (χ1) is 13.5. The standard InChI is InChI=1S/C22H29N3O4/c1-14-10-16(11-15(2)19(14)20(26)27)17-12-23-25(13-17)18-6-8-24(9-7-18)21(28)29-22(3,4)5/h10-13,18H,6-9H2,1-5H3,(H,26,27). The minimum atomic E-state index is -0.904. The van der Waals surface area contributed by atoms with Gasteiger partial charge in [-0.2, -0.15) is 5.10 Å². The van der Waals surface area contributed by atoms with Crippen LogP contribution in [0.3, 0.4) is 0 Å². The zero-order chi connectivity index (χ0) is 21.3. The van der Waals surface area contributed by atoms with E-state index in [1.54, 1.807) is 4.90 Å². The minimum absolute atomic E-state index is 0.225. The second kappa shape index (κ2) is 7.89. The number of aromatic carboxylic acids is 1. The monoisotopic (exact) mass is 399 g/mol. The van der Waals surface area contributed by atoms with E-state index in [2.05, 4.69) is 5.10 Å². The number of aryl methyl sites for hydroxylation is 2. The quantitative estimate of drug-likeness (QED) is 0.825. The van der Waals surface area contributed by atoms with E-state index in [1.165, 1.54) is 0 Å². The largest absolute Gasteiger partial charge is 0.478 e. The number of amides is 1. The molecular formula is C22H29N3O4. The number of hydrogen-bond donors (Lipinski definition) is 1. The molecule has 1 aliphatic rings. The third-order valence-corrected chi connectivity index (χ3v) is 5.17. The highest BCUT2D eigenvalue weighted by Gasteiger charge is 2.28. The van der Waals surface area contributed by atoms with Crippen molar-refractivity contribution in [1.29, 1.82) is 0 Å². The predicted molar refractivity (Wildman–Crippen MR) is 110 cm³/mol. The van der Waals surface area contributed by atoms with Gasteiger partial charge in [0.25, 0.3) is 0 Å². The molecule has 7 heteroatoms. The molecule has 1 saturated heterocycles. The average Bonchev–Trinajstić information content (AvgIpc) is 3.09. The molecule has 0 saturated carbocycles. The Hall–Kier alpha value is -2.83. The Kier molecular flexibility index (Phi) is 5.68. The highest BCUT2D eigenvalue weighted by molar-refractivity contribution is 5.92. The molecular weight excluding hydrogens is 370 g/mol. The Morgan fingerprint density at radius 1 is 1.10 bits per heavy atom. The van der Waals surface area contributed by atoms with Crippen molar-refractivity contribution in [2.75, 3.05) is 13.1 Å². The molecule has 7 nitrogen and oxygen atoms in total. The summed E-state index contributed by atoms with van der Waals surface area (Å²) in [4.78, 5) is 25.4. The Bertz CT molecular complexity index is 895. The number of likely N-dealkylation sites (tertiary alicyclic amines) is 1. The van der Waals surface area contributed by atoms with Crippen molar-refractivity contribution in [3.8, 4) is 11.1 Å². The molecule has 0 bridgehead atoms. The zero-order valence-corrected chi connectivity index (χ0v) is 17.7. The van der Waals surface area contributed by atoms with Crippen LogP contribution < -0.4 is 0 Å². The van der Waals surface area contributed by atoms with Gasteiger partial charge in [0.2, 0.25) is 0 Å². The summed E-state index contributed by atoms with van der Waals surface area (Å²) >= 11 is 0. The van der Waals surface area contributed by atoms with Gasteiger partial charge < -0.3 is 14.7 Å². The molecule has 156 valence electrons. The molecule has 1 aromatic carbocycles. The van der Waals surface area contributed by atoms with E-state index in [4.69, 9.17) is 4.74 Å². The summed E-state index contributed by atoms with van der Waals surface area (Å²) in [5.74, 6) is -0.904. The Morgan fingerprint density at radius 2 is 1.69 bits per heavy atom. The third-order valence-electron chi connectivity index (χ3n) is 5.17. The van der Waals surface area contributed by atoms with Gasteiger partial charge in [-0.15, -0.1) is 0 Å². The maximum Gasteiger partial charge on any atom is 0.410 e. The lowest BCUT2D eigenvalue weighted by atomic mass is 9.97. The second-order valence-electron chi connectivity index (χ2n) is 8.70. The van der Waals surface area contributed by atoms with Crippen LogP contribution in [0.2, 0.25) is 0 Å². The molecule has 0 atom stereocenters. The molecule has 0 unspecified atom stereocenters. The zero-order valence-electron chi connectivity index (χ0n) is 17.7. The van der Waals surface area contributed by atoms with E-state index in [0.29, 0.717) is 18.7 Å². The van der Waals surface area contributed by atoms with Gasteiger partial charge in [-0.3, -0.25) is 4.68 Å². The molecule has 29 heavy (non-hydrogen) atoms. The normalized spacial score (nSPS) is 15.4.